The van der Waals surface area contributed by atoms with Gasteiger partial charge in [0.25, 0.3) is 6.43 Å². The Hall–Kier alpha value is -2.69. The van der Waals surface area contributed by atoms with Crippen molar-refractivity contribution < 1.29 is 31.1 Å². The second-order valence-electron chi connectivity index (χ2n) is 11.2. The smallest absolute Gasteiger partial charge is 0.410 e. The molecule has 0 aromatic carbocycles. The van der Waals surface area contributed by atoms with Crippen LogP contribution in [-0.2, 0) is 14.8 Å². The summed E-state index contributed by atoms with van der Waals surface area (Å²) in [4.78, 5) is 20.3. The van der Waals surface area contributed by atoms with Gasteiger partial charge >= 0.3 is 6.09 Å². The third-order valence-electron chi connectivity index (χ3n) is 6.83. The van der Waals surface area contributed by atoms with Gasteiger partial charge in [0, 0.05) is 31.9 Å². The molecule has 11 nitrogen and oxygen atoms in total. The number of nitrogens with one attached hydrogen (secondary N) is 1. The number of anilines is 1. The lowest BCUT2D eigenvalue weighted by molar-refractivity contribution is 0.0159. The fourth-order valence-corrected chi connectivity index (χ4v) is 7.02. The van der Waals surface area contributed by atoms with Crippen LogP contribution in [0, 0.1) is 0 Å². The monoisotopic (exact) mass is 635 g/mol. The van der Waals surface area contributed by atoms with Crippen LogP contribution >= 0.6 is 22.9 Å². The van der Waals surface area contributed by atoms with Gasteiger partial charge in [-0.15, -0.1) is 10.2 Å². The number of hydrogen-bond donors (Lipinski definition) is 1. The Labute approximate surface area is 243 Å². The number of imidazole rings is 1. The van der Waals surface area contributed by atoms with Crippen molar-refractivity contribution in [1.82, 2.24) is 29.2 Å². The Morgan fingerprint density at radius 1 is 1.29 bits per heavy atom. The number of aromatic nitrogens is 4. The number of sulfonamides is 1. The average molecular weight is 636 g/mol. The predicted molar refractivity (Wildman–Crippen MR) is 147 cm³/mol. The standard InChI is InChI=1S/C24H29ClF3N7O4S2/c1-13-10-33(7-8-34(13)22(36)39-23(2,3)4)15-9-14(41(37,38)32-24(12-26)5-6-24)11-35-16(15)17(25)29-19(35)21-31-30-20(40-21)18(27)28/h9,11,13,18,32H,5-8,10,12H2,1-4H3/t13-/m1/s1. The third-order valence-corrected chi connectivity index (χ3v) is 9.57. The highest BCUT2D eigenvalue weighted by molar-refractivity contribution is 7.89. The first-order chi connectivity index (χ1) is 19.1. The van der Waals surface area contributed by atoms with E-state index in [4.69, 9.17) is 16.3 Å². The maximum atomic E-state index is 13.6. The lowest BCUT2D eigenvalue weighted by Crippen LogP contribution is -2.55. The average Bonchev–Trinajstić information content (AvgIpc) is 3.31. The van der Waals surface area contributed by atoms with E-state index < -0.39 is 45.4 Å². The highest BCUT2D eigenvalue weighted by Crippen LogP contribution is 2.40. The van der Waals surface area contributed by atoms with Crippen molar-refractivity contribution in [1.29, 1.82) is 0 Å². The van der Waals surface area contributed by atoms with Gasteiger partial charge in [-0.2, -0.15) is 0 Å². The number of fused-ring (bicyclic) bond motifs is 1. The van der Waals surface area contributed by atoms with Gasteiger partial charge in [-0.05, 0) is 46.6 Å². The van der Waals surface area contributed by atoms with E-state index >= 15 is 0 Å². The molecular weight excluding hydrogens is 607 g/mol. The van der Waals surface area contributed by atoms with Crippen LogP contribution in [0.4, 0.5) is 23.7 Å². The second kappa shape index (κ2) is 10.5. The van der Waals surface area contributed by atoms with Crippen molar-refractivity contribution >= 4 is 50.3 Å². The van der Waals surface area contributed by atoms with Crippen LogP contribution < -0.4 is 9.62 Å². The van der Waals surface area contributed by atoms with Gasteiger partial charge in [0.15, 0.2) is 21.0 Å². The molecule has 1 N–H and O–H groups in total. The minimum atomic E-state index is -4.22. The molecule has 1 aliphatic carbocycles. The van der Waals surface area contributed by atoms with Crippen LogP contribution in [0.25, 0.3) is 16.3 Å². The minimum Gasteiger partial charge on any atom is -0.444 e. The van der Waals surface area contributed by atoms with Gasteiger partial charge in [-0.25, -0.2) is 36.1 Å². The number of carbonyl (C=O) groups excluding carboxylic acids is 1. The summed E-state index contributed by atoms with van der Waals surface area (Å²) in [6, 6.07) is 1.10. The number of nitrogens with zero attached hydrogens (tertiary/aromatic N) is 6. The fourth-order valence-electron chi connectivity index (χ4n) is 4.61. The molecule has 0 bridgehead atoms. The van der Waals surface area contributed by atoms with Crippen LogP contribution in [0.5, 0.6) is 0 Å². The molecule has 17 heteroatoms. The maximum Gasteiger partial charge on any atom is 0.410 e. The van der Waals surface area contributed by atoms with Crippen molar-refractivity contribution in [2.75, 3.05) is 31.2 Å². The van der Waals surface area contributed by atoms with Crippen molar-refractivity contribution in [2.24, 2.45) is 0 Å². The molecule has 1 saturated carbocycles. The fraction of sp³-hybridized carbons (Fsp3) is 0.583. The summed E-state index contributed by atoms with van der Waals surface area (Å²) < 4.78 is 76.4. The Morgan fingerprint density at radius 3 is 2.56 bits per heavy atom. The summed E-state index contributed by atoms with van der Waals surface area (Å²) in [5.74, 6) is 0.0276. The zero-order valence-corrected chi connectivity index (χ0v) is 25.1. The summed E-state index contributed by atoms with van der Waals surface area (Å²) in [7, 11) is -4.22. The first-order valence-electron chi connectivity index (χ1n) is 12.8. The molecule has 1 saturated heterocycles. The van der Waals surface area contributed by atoms with E-state index in [0.717, 1.165) is 0 Å². The van der Waals surface area contributed by atoms with E-state index in [1.807, 2.05) is 11.8 Å². The van der Waals surface area contributed by atoms with Gasteiger partial charge in [-0.3, -0.25) is 4.40 Å². The number of pyridine rings is 1. The molecule has 0 unspecified atom stereocenters. The molecule has 1 aliphatic heterocycles. The van der Waals surface area contributed by atoms with Crippen molar-refractivity contribution in [2.45, 2.75) is 69.0 Å². The second-order valence-corrected chi connectivity index (χ2v) is 14.3. The van der Waals surface area contributed by atoms with E-state index in [9.17, 15) is 26.4 Å². The summed E-state index contributed by atoms with van der Waals surface area (Å²) in [6.45, 7) is 7.19. The van der Waals surface area contributed by atoms with Crippen LogP contribution in [0.1, 0.15) is 52.0 Å². The molecular formula is C24H29ClF3N7O4S2. The number of carbonyl (C=O) groups is 1. The van der Waals surface area contributed by atoms with Gasteiger partial charge in [-0.1, -0.05) is 22.9 Å². The Kier molecular flexibility index (Phi) is 7.66. The molecule has 0 radical (unpaired) electrons. The van der Waals surface area contributed by atoms with Crippen LogP contribution in [0.15, 0.2) is 17.2 Å². The van der Waals surface area contributed by atoms with Crippen molar-refractivity contribution in [3.63, 3.8) is 0 Å². The number of alkyl halides is 3. The predicted octanol–water partition coefficient (Wildman–Crippen LogP) is 4.67. The van der Waals surface area contributed by atoms with E-state index in [-0.39, 0.29) is 33.5 Å². The van der Waals surface area contributed by atoms with Crippen LogP contribution in [-0.4, -0.2) is 82.5 Å². The number of ether oxygens (including phenoxy) is 1. The first-order valence-corrected chi connectivity index (χ1v) is 15.5. The van der Waals surface area contributed by atoms with Crippen molar-refractivity contribution in [3.05, 3.63) is 22.4 Å². The van der Waals surface area contributed by atoms with Crippen LogP contribution in [0.3, 0.4) is 0 Å². The number of hydrogen-bond acceptors (Lipinski definition) is 9. The Morgan fingerprint density at radius 2 is 2.00 bits per heavy atom. The number of rotatable bonds is 7. The normalized spacial score (nSPS) is 19.3. The maximum absolute atomic E-state index is 13.6. The van der Waals surface area contributed by atoms with Gasteiger partial charge in [0.2, 0.25) is 10.0 Å². The summed E-state index contributed by atoms with van der Waals surface area (Å²) in [6.07, 6.45) is -1.33. The van der Waals surface area contributed by atoms with E-state index in [1.165, 1.54) is 16.7 Å². The SMILES string of the molecule is C[C@@H]1CN(c2cc(S(=O)(=O)NC3(CF)CC3)cn3c(-c4nnc(C(F)F)s4)nc(Cl)c23)CCN1C(=O)OC(C)(C)C. The highest BCUT2D eigenvalue weighted by atomic mass is 35.5. The molecule has 0 spiro atoms. The molecule has 5 rings (SSSR count). The highest BCUT2D eigenvalue weighted by Gasteiger charge is 2.46. The lowest BCUT2D eigenvalue weighted by Gasteiger charge is -2.41. The minimum absolute atomic E-state index is 0.00893. The van der Waals surface area contributed by atoms with Gasteiger partial charge in [0.1, 0.15) is 22.7 Å². The number of amides is 1. The lowest BCUT2D eigenvalue weighted by atomic mass is 10.1. The molecule has 2 fully saturated rings. The summed E-state index contributed by atoms with van der Waals surface area (Å²) in [5, 5.41) is 6.81. The number of piperazine rings is 1. The largest absolute Gasteiger partial charge is 0.444 e. The van der Waals surface area contributed by atoms with E-state index in [1.54, 1.807) is 25.7 Å². The van der Waals surface area contributed by atoms with Gasteiger partial charge in [0.05, 0.1) is 11.2 Å². The molecule has 2 aliphatic rings. The third kappa shape index (κ3) is 5.96. The molecule has 224 valence electrons. The molecule has 1 amide bonds. The zero-order chi connectivity index (χ0) is 29.9. The van der Waals surface area contributed by atoms with Gasteiger partial charge < -0.3 is 14.5 Å². The molecule has 41 heavy (non-hydrogen) atoms. The quantitative estimate of drug-likeness (QED) is 0.398. The Bertz CT molecular complexity index is 1590. The van der Waals surface area contributed by atoms with E-state index in [0.29, 0.717) is 48.5 Å². The molecule has 1 atom stereocenters. The zero-order valence-electron chi connectivity index (χ0n) is 22.7. The molecule has 3 aromatic heterocycles. The number of halogens is 4. The Balaban J connectivity index is 1.58. The van der Waals surface area contributed by atoms with Crippen molar-refractivity contribution in [3.8, 4) is 10.8 Å². The first kappa shape index (κ1) is 29.8. The molecule has 3 aromatic rings. The molecule has 4 heterocycles. The van der Waals surface area contributed by atoms with Crippen LogP contribution in [0.2, 0.25) is 5.15 Å². The summed E-state index contributed by atoms with van der Waals surface area (Å²) >= 11 is 7.17. The topological polar surface area (TPSA) is 122 Å². The van der Waals surface area contributed by atoms with E-state index in [2.05, 4.69) is 19.9 Å². The summed E-state index contributed by atoms with van der Waals surface area (Å²) in [5.41, 5.74) is -1.12.